The van der Waals surface area contributed by atoms with E-state index < -0.39 is 30.4 Å². The van der Waals surface area contributed by atoms with Gasteiger partial charge < -0.3 is 29.9 Å². The molecule has 0 aliphatic carbocycles. The van der Waals surface area contributed by atoms with Crippen LogP contribution in [0.25, 0.3) is 6.08 Å². The first kappa shape index (κ1) is 18.3. The van der Waals surface area contributed by atoms with E-state index in [4.69, 9.17) is 19.7 Å². The number of carboxylic acids is 2. The van der Waals surface area contributed by atoms with Crippen LogP contribution in [-0.2, 0) is 9.59 Å². The molecule has 0 bridgehead atoms. The maximum absolute atomic E-state index is 11.0. The van der Waals surface area contributed by atoms with Crippen LogP contribution in [0.4, 0.5) is 0 Å². The van der Waals surface area contributed by atoms with Crippen LogP contribution >= 0.6 is 0 Å². The van der Waals surface area contributed by atoms with Crippen molar-refractivity contribution in [2.24, 2.45) is 0 Å². The van der Waals surface area contributed by atoms with Crippen molar-refractivity contribution in [3.63, 3.8) is 0 Å². The van der Waals surface area contributed by atoms with E-state index in [-0.39, 0.29) is 17.2 Å². The van der Waals surface area contributed by atoms with E-state index in [1.807, 2.05) is 0 Å². The van der Waals surface area contributed by atoms with Crippen molar-refractivity contribution in [2.45, 2.75) is 18.4 Å². The van der Waals surface area contributed by atoms with Crippen molar-refractivity contribution in [1.82, 2.24) is 0 Å². The SMILES string of the molecule is COc1cc(/C=C/CC(O)(CC(=O)O)C(=O)O)cc(OC)c1O. The molecule has 1 aromatic carbocycles. The zero-order chi connectivity index (χ0) is 17.6. The number of phenols is 1. The second-order valence-electron chi connectivity index (χ2n) is 4.79. The minimum atomic E-state index is -2.40. The molecule has 126 valence electrons. The molecule has 0 saturated heterocycles. The van der Waals surface area contributed by atoms with Gasteiger partial charge in [0, 0.05) is 6.42 Å². The topological polar surface area (TPSA) is 134 Å². The van der Waals surface area contributed by atoms with Crippen molar-refractivity contribution in [2.75, 3.05) is 14.2 Å². The number of benzene rings is 1. The number of aliphatic carboxylic acids is 2. The summed E-state index contributed by atoms with van der Waals surface area (Å²) >= 11 is 0. The highest BCUT2D eigenvalue weighted by Crippen LogP contribution is 2.37. The molecule has 0 fully saturated rings. The summed E-state index contributed by atoms with van der Waals surface area (Å²) in [5, 5.41) is 37.3. The van der Waals surface area contributed by atoms with E-state index in [1.54, 1.807) is 0 Å². The standard InChI is InChI=1S/C15H18O8/c1-22-10-6-9(7-11(23-2)13(10)18)4-3-5-15(21,14(19)20)8-12(16)17/h3-4,6-7,18,21H,5,8H2,1-2H3,(H,16,17)(H,19,20)/b4-3+. The lowest BCUT2D eigenvalue weighted by molar-refractivity contribution is -0.164. The number of ether oxygens (including phenoxy) is 2. The first-order valence-corrected chi connectivity index (χ1v) is 6.52. The predicted octanol–water partition coefficient (Wildman–Crippen LogP) is 1.10. The number of hydrogen-bond acceptors (Lipinski definition) is 6. The normalized spacial score (nSPS) is 13.5. The van der Waals surface area contributed by atoms with Crippen molar-refractivity contribution in [3.8, 4) is 17.2 Å². The van der Waals surface area contributed by atoms with Crippen LogP contribution in [0.2, 0.25) is 0 Å². The molecule has 1 aromatic rings. The monoisotopic (exact) mass is 326 g/mol. The van der Waals surface area contributed by atoms with Crippen LogP contribution < -0.4 is 9.47 Å². The summed E-state index contributed by atoms with van der Waals surface area (Å²) in [4.78, 5) is 21.7. The zero-order valence-corrected chi connectivity index (χ0v) is 12.6. The van der Waals surface area contributed by atoms with E-state index >= 15 is 0 Å². The fraction of sp³-hybridized carbons (Fsp3) is 0.333. The second-order valence-corrected chi connectivity index (χ2v) is 4.79. The zero-order valence-electron chi connectivity index (χ0n) is 12.6. The first-order valence-electron chi connectivity index (χ1n) is 6.52. The molecule has 0 saturated carbocycles. The molecule has 0 heterocycles. The van der Waals surface area contributed by atoms with Crippen LogP contribution in [0.3, 0.4) is 0 Å². The average Bonchev–Trinajstić information content (AvgIpc) is 2.47. The van der Waals surface area contributed by atoms with E-state index in [2.05, 4.69) is 0 Å². The summed E-state index contributed by atoms with van der Waals surface area (Å²) in [5.41, 5.74) is -1.88. The highest BCUT2D eigenvalue weighted by Gasteiger charge is 2.37. The van der Waals surface area contributed by atoms with E-state index in [0.29, 0.717) is 5.56 Å². The van der Waals surface area contributed by atoms with Gasteiger partial charge in [0.1, 0.15) is 0 Å². The fourth-order valence-electron chi connectivity index (χ4n) is 1.89. The summed E-state index contributed by atoms with van der Waals surface area (Å²) in [7, 11) is 2.72. The minimum absolute atomic E-state index is 0.156. The number of aromatic hydroxyl groups is 1. The van der Waals surface area contributed by atoms with E-state index in [1.165, 1.54) is 38.5 Å². The third-order valence-corrected chi connectivity index (χ3v) is 3.11. The number of rotatable bonds is 8. The Morgan fingerprint density at radius 1 is 1.17 bits per heavy atom. The largest absolute Gasteiger partial charge is 0.502 e. The van der Waals surface area contributed by atoms with Gasteiger partial charge in [0.05, 0.1) is 20.6 Å². The molecule has 0 spiro atoms. The highest BCUT2D eigenvalue weighted by atomic mass is 16.5. The third-order valence-electron chi connectivity index (χ3n) is 3.11. The molecule has 0 amide bonds. The highest BCUT2D eigenvalue weighted by molar-refractivity contribution is 5.84. The molecule has 23 heavy (non-hydrogen) atoms. The van der Waals surface area contributed by atoms with Gasteiger partial charge >= 0.3 is 11.9 Å². The average molecular weight is 326 g/mol. The summed E-state index contributed by atoms with van der Waals surface area (Å²) in [6.45, 7) is 0. The van der Waals surface area contributed by atoms with E-state index in [0.717, 1.165) is 0 Å². The molecule has 0 aromatic heterocycles. The van der Waals surface area contributed by atoms with Gasteiger partial charge in [0.25, 0.3) is 0 Å². The van der Waals surface area contributed by atoms with E-state index in [9.17, 15) is 19.8 Å². The predicted molar refractivity (Wildman–Crippen MR) is 79.7 cm³/mol. The quantitative estimate of drug-likeness (QED) is 0.558. The Bertz CT molecular complexity index is 597. The Morgan fingerprint density at radius 2 is 1.70 bits per heavy atom. The van der Waals surface area contributed by atoms with Gasteiger partial charge in [-0.2, -0.15) is 0 Å². The lowest BCUT2D eigenvalue weighted by Crippen LogP contribution is -2.40. The van der Waals surface area contributed by atoms with Crippen molar-refractivity contribution in [1.29, 1.82) is 0 Å². The first-order chi connectivity index (χ1) is 10.7. The van der Waals surface area contributed by atoms with Crippen LogP contribution in [0, 0.1) is 0 Å². The number of phenolic OH excluding ortho intramolecular Hbond substituents is 1. The van der Waals surface area contributed by atoms with Gasteiger partial charge in [-0.3, -0.25) is 4.79 Å². The number of carbonyl (C=O) groups is 2. The fourth-order valence-corrected chi connectivity index (χ4v) is 1.89. The Labute approximate surface area is 132 Å². The van der Waals surface area contributed by atoms with Gasteiger partial charge in [-0.05, 0) is 17.7 Å². The van der Waals surface area contributed by atoms with Crippen LogP contribution in [0.15, 0.2) is 18.2 Å². The summed E-state index contributed by atoms with van der Waals surface area (Å²) in [5.74, 6) is -2.91. The minimum Gasteiger partial charge on any atom is -0.502 e. The smallest absolute Gasteiger partial charge is 0.336 e. The summed E-state index contributed by atoms with van der Waals surface area (Å²) < 4.78 is 9.96. The number of aliphatic hydroxyl groups is 1. The lowest BCUT2D eigenvalue weighted by atomic mass is 9.95. The molecule has 0 aliphatic rings. The molecular weight excluding hydrogens is 308 g/mol. The van der Waals surface area contributed by atoms with Crippen LogP contribution in [-0.4, -0.2) is 52.2 Å². The summed E-state index contributed by atoms with van der Waals surface area (Å²) in [6, 6.07) is 2.96. The Kier molecular flexibility index (Phi) is 5.97. The Balaban J connectivity index is 3.00. The van der Waals surface area contributed by atoms with Gasteiger partial charge in [-0.25, -0.2) is 4.79 Å². The number of methoxy groups -OCH3 is 2. The summed E-state index contributed by atoms with van der Waals surface area (Å²) in [6.07, 6.45) is 1.46. The van der Waals surface area contributed by atoms with Gasteiger partial charge in [-0.15, -0.1) is 0 Å². The molecule has 4 N–H and O–H groups in total. The molecule has 0 aliphatic heterocycles. The van der Waals surface area contributed by atoms with Gasteiger partial charge in [0.15, 0.2) is 17.1 Å². The van der Waals surface area contributed by atoms with Gasteiger partial charge in [0.2, 0.25) is 5.75 Å². The van der Waals surface area contributed by atoms with Crippen LogP contribution in [0.5, 0.6) is 17.2 Å². The molecule has 8 heteroatoms. The van der Waals surface area contributed by atoms with Crippen LogP contribution in [0.1, 0.15) is 18.4 Å². The molecule has 1 atom stereocenters. The number of carboxylic acid groups (broad SMARTS) is 2. The lowest BCUT2D eigenvalue weighted by Gasteiger charge is -2.19. The molecule has 1 rings (SSSR count). The molecule has 1 unspecified atom stereocenters. The molecular formula is C15H18O8. The Hall–Kier alpha value is -2.74. The Morgan fingerprint density at radius 3 is 2.09 bits per heavy atom. The van der Waals surface area contributed by atoms with Crippen molar-refractivity contribution < 1.29 is 39.5 Å². The maximum Gasteiger partial charge on any atom is 0.336 e. The third kappa shape index (κ3) is 4.62. The van der Waals surface area contributed by atoms with Crippen molar-refractivity contribution >= 4 is 18.0 Å². The maximum atomic E-state index is 11.0. The number of hydrogen-bond donors (Lipinski definition) is 4. The molecule has 0 radical (unpaired) electrons. The van der Waals surface area contributed by atoms with Gasteiger partial charge in [-0.1, -0.05) is 12.2 Å². The molecule has 8 nitrogen and oxygen atoms in total. The second kappa shape index (κ2) is 7.50. The van der Waals surface area contributed by atoms with Crippen molar-refractivity contribution in [3.05, 3.63) is 23.8 Å².